The van der Waals surface area contributed by atoms with E-state index in [4.69, 9.17) is 16.3 Å². The maximum absolute atomic E-state index is 12.8. The van der Waals surface area contributed by atoms with Gasteiger partial charge in [0.1, 0.15) is 5.03 Å². The number of imide groups is 1. The molecule has 24 heavy (non-hydrogen) atoms. The minimum Gasteiger partial charge on any atom is -0.379 e. The predicted molar refractivity (Wildman–Crippen MR) is 92.7 cm³/mol. The summed E-state index contributed by atoms with van der Waals surface area (Å²) in [5, 5.41) is 0.0222. The fourth-order valence-electron chi connectivity index (χ4n) is 3.14. The van der Waals surface area contributed by atoms with Crippen molar-refractivity contribution in [2.45, 2.75) is 13.8 Å². The van der Waals surface area contributed by atoms with Crippen LogP contribution < -0.4 is 0 Å². The molecule has 0 bridgehead atoms. The van der Waals surface area contributed by atoms with Gasteiger partial charge in [-0.3, -0.25) is 19.4 Å². The number of morpholine rings is 1. The lowest BCUT2D eigenvalue weighted by molar-refractivity contribution is -0.136. The molecule has 0 unspecified atom stereocenters. The monoisotopic (exact) mass is 348 g/mol. The molecule has 2 amide bonds. The number of amides is 2. The first-order chi connectivity index (χ1) is 11.5. The van der Waals surface area contributed by atoms with Crippen LogP contribution in [-0.4, -0.2) is 61.0 Å². The maximum atomic E-state index is 12.8. The molecule has 2 heterocycles. The Labute approximate surface area is 146 Å². The zero-order valence-corrected chi connectivity index (χ0v) is 14.7. The molecule has 1 saturated heterocycles. The summed E-state index contributed by atoms with van der Waals surface area (Å²) in [7, 11) is 0. The van der Waals surface area contributed by atoms with E-state index in [1.165, 1.54) is 4.90 Å². The van der Waals surface area contributed by atoms with Crippen molar-refractivity contribution < 1.29 is 14.3 Å². The van der Waals surface area contributed by atoms with Crippen LogP contribution in [0.1, 0.15) is 16.7 Å². The minimum atomic E-state index is -0.398. The first-order valence-electron chi connectivity index (χ1n) is 8.12. The van der Waals surface area contributed by atoms with Crippen molar-refractivity contribution >= 4 is 29.0 Å². The number of hydrogen-bond donors (Lipinski definition) is 0. The van der Waals surface area contributed by atoms with Crippen molar-refractivity contribution in [1.82, 2.24) is 9.80 Å². The Bertz CT molecular complexity index is 708. The first-order valence-corrected chi connectivity index (χ1v) is 8.50. The highest BCUT2D eigenvalue weighted by molar-refractivity contribution is 6.55. The normalized spacial score (nSPS) is 19.5. The number of hydrogen-bond acceptors (Lipinski definition) is 4. The van der Waals surface area contributed by atoms with Gasteiger partial charge >= 0.3 is 0 Å². The molecule has 1 fully saturated rings. The number of rotatable bonds is 4. The van der Waals surface area contributed by atoms with Gasteiger partial charge in [-0.25, -0.2) is 0 Å². The fourth-order valence-corrected chi connectivity index (χ4v) is 3.43. The average molecular weight is 349 g/mol. The molecule has 1 aromatic rings. The van der Waals surface area contributed by atoms with Crippen LogP contribution in [0.2, 0.25) is 0 Å². The molecule has 6 heteroatoms. The van der Waals surface area contributed by atoms with Gasteiger partial charge in [-0.05, 0) is 25.0 Å². The topological polar surface area (TPSA) is 49.9 Å². The second kappa shape index (κ2) is 7.05. The summed E-state index contributed by atoms with van der Waals surface area (Å²) in [6.07, 6.45) is 0. The third-order valence-corrected chi connectivity index (χ3v) is 4.86. The highest BCUT2D eigenvalue weighted by atomic mass is 35.5. The summed E-state index contributed by atoms with van der Waals surface area (Å²) in [6.45, 7) is 7.93. The number of carbonyl (C=O) groups excluding carboxylic acids is 2. The van der Waals surface area contributed by atoms with E-state index in [9.17, 15) is 9.59 Å². The molecule has 1 aromatic carbocycles. The Balaban J connectivity index is 1.77. The first kappa shape index (κ1) is 17.1. The number of aryl methyl sites for hydroxylation is 2. The van der Waals surface area contributed by atoms with E-state index in [0.29, 0.717) is 31.9 Å². The van der Waals surface area contributed by atoms with E-state index < -0.39 is 5.91 Å². The molecule has 5 nitrogen and oxygen atoms in total. The van der Waals surface area contributed by atoms with Crippen molar-refractivity contribution in [1.29, 1.82) is 0 Å². The Hall–Kier alpha value is -1.69. The van der Waals surface area contributed by atoms with Gasteiger partial charge in [0.05, 0.1) is 18.8 Å². The zero-order chi connectivity index (χ0) is 17.3. The number of benzene rings is 1. The van der Waals surface area contributed by atoms with Crippen LogP contribution in [0.3, 0.4) is 0 Å². The van der Waals surface area contributed by atoms with Crippen LogP contribution in [0.15, 0.2) is 23.2 Å². The van der Waals surface area contributed by atoms with Crippen LogP contribution in [0.4, 0.5) is 0 Å². The second-order valence-corrected chi connectivity index (χ2v) is 6.60. The van der Waals surface area contributed by atoms with Gasteiger partial charge in [-0.1, -0.05) is 35.4 Å². The predicted octanol–water partition coefficient (Wildman–Crippen LogP) is 1.95. The molecule has 0 atom stereocenters. The van der Waals surface area contributed by atoms with Gasteiger partial charge in [0.25, 0.3) is 11.8 Å². The van der Waals surface area contributed by atoms with Crippen molar-refractivity contribution in [3.8, 4) is 0 Å². The van der Waals surface area contributed by atoms with Crippen molar-refractivity contribution in [2.24, 2.45) is 0 Å². The molecule has 0 aromatic heterocycles. The lowest BCUT2D eigenvalue weighted by Crippen LogP contribution is -2.43. The van der Waals surface area contributed by atoms with Gasteiger partial charge in [0.15, 0.2) is 0 Å². The van der Waals surface area contributed by atoms with Crippen LogP contribution in [0.25, 0.3) is 5.57 Å². The van der Waals surface area contributed by atoms with Crippen LogP contribution in [0, 0.1) is 13.8 Å². The summed E-state index contributed by atoms with van der Waals surface area (Å²) in [5.74, 6) is -0.699. The van der Waals surface area contributed by atoms with E-state index >= 15 is 0 Å². The van der Waals surface area contributed by atoms with Crippen LogP contribution >= 0.6 is 11.6 Å². The summed E-state index contributed by atoms with van der Waals surface area (Å²) < 4.78 is 5.31. The molecule has 128 valence electrons. The molecule has 3 rings (SSSR count). The van der Waals surface area contributed by atoms with Gasteiger partial charge in [0, 0.05) is 26.2 Å². The number of halogens is 1. The molecule has 0 N–H and O–H groups in total. The van der Waals surface area contributed by atoms with E-state index in [2.05, 4.69) is 4.90 Å². The Kier molecular flexibility index (Phi) is 5.04. The van der Waals surface area contributed by atoms with Crippen LogP contribution in [0.5, 0.6) is 0 Å². The number of carbonyl (C=O) groups is 2. The Morgan fingerprint density at radius 3 is 2.46 bits per heavy atom. The summed E-state index contributed by atoms with van der Waals surface area (Å²) >= 11 is 6.22. The number of nitrogens with zero attached hydrogens (tertiary/aromatic N) is 2. The third-order valence-electron chi connectivity index (χ3n) is 4.51. The van der Waals surface area contributed by atoms with Gasteiger partial charge in [-0.2, -0.15) is 0 Å². The molecule has 0 spiro atoms. The van der Waals surface area contributed by atoms with E-state index in [1.807, 2.05) is 32.0 Å². The largest absolute Gasteiger partial charge is 0.379 e. The molecule has 2 aliphatic heterocycles. The zero-order valence-electron chi connectivity index (χ0n) is 14.0. The fraction of sp³-hybridized carbons (Fsp3) is 0.444. The summed E-state index contributed by atoms with van der Waals surface area (Å²) in [6, 6.07) is 5.77. The van der Waals surface area contributed by atoms with E-state index in [1.54, 1.807) is 0 Å². The third kappa shape index (κ3) is 3.24. The second-order valence-electron chi connectivity index (χ2n) is 6.22. The quantitative estimate of drug-likeness (QED) is 0.780. The maximum Gasteiger partial charge on any atom is 0.273 e. The smallest absolute Gasteiger partial charge is 0.273 e. The summed E-state index contributed by atoms with van der Waals surface area (Å²) in [4.78, 5) is 28.6. The summed E-state index contributed by atoms with van der Waals surface area (Å²) in [5.41, 5.74) is 3.10. The van der Waals surface area contributed by atoms with E-state index in [-0.39, 0.29) is 10.9 Å². The molecule has 0 aliphatic carbocycles. The molecular formula is C18H21ClN2O3. The van der Waals surface area contributed by atoms with Crippen molar-refractivity contribution in [2.75, 3.05) is 39.4 Å². The minimum absolute atomic E-state index is 0.0222. The lowest BCUT2D eigenvalue weighted by Gasteiger charge is -2.28. The highest BCUT2D eigenvalue weighted by Crippen LogP contribution is 2.33. The van der Waals surface area contributed by atoms with Gasteiger partial charge < -0.3 is 4.74 Å². The molecule has 2 aliphatic rings. The Morgan fingerprint density at radius 1 is 1.08 bits per heavy atom. The number of ether oxygens (including phenoxy) is 1. The SMILES string of the molecule is Cc1ccc(C2=C(Cl)C(=O)N(CCN3CCOCC3)C2=O)c(C)c1. The van der Waals surface area contributed by atoms with Gasteiger partial charge in [0.2, 0.25) is 0 Å². The highest BCUT2D eigenvalue weighted by Gasteiger charge is 2.38. The van der Waals surface area contributed by atoms with Crippen molar-refractivity contribution in [3.05, 3.63) is 39.9 Å². The Morgan fingerprint density at radius 2 is 1.79 bits per heavy atom. The van der Waals surface area contributed by atoms with Crippen LogP contribution in [-0.2, 0) is 14.3 Å². The molecule has 0 saturated carbocycles. The molecular weight excluding hydrogens is 328 g/mol. The van der Waals surface area contributed by atoms with Crippen molar-refractivity contribution in [3.63, 3.8) is 0 Å². The standard InChI is InChI=1S/C18H21ClN2O3/c1-12-3-4-14(13(2)11-12)15-16(19)18(23)21(17(15)22)6-5-20-7-9-24-10-8-20/h3-4,11H,5-10H2,1-2H3. The lowest BCUT2D eigenvalue weighted by atomic mass is 9.99. The average Bonchev–Trinajstić information content (AvgIpc) is 2.77. The van der Waals surface area contributed by atoms with E-state index in [0.717, 1.165) is 29.8 Å². The molecule has 0 radical (unpaired) electrons. The van der Waals surface area contributed by atoms with Gasteiger partial charge in [-0.15, -0.1) is 0 Å².